The van der Waals surface area contributed by atoms with Crippen LogP contribution in [-0.2, 0) is 11.3 Å². The van der Waals surface area contributed by atoms with Crippen molar-refractivity contribution in [3.8, 4) is 5.75 Å². The molecule has 0 aromatic heterocycles. The lowest BCUT2D eigenvalue weighted by molar-refractivity contribution is -0.0410. The highest BCUT2D eigenvalue weighted by Crippen LogP contribution is 2.17. The number of benzene rings is 2. The second kappa shape index (κ2) is 8.26. The molecule has 0 bridgehead atoms. The van der Waals surface area contributed by atoms with E-state index in [0.717, 1.165) is 17.7 Å². The largest absolute Gasteiger partial charge is 0.463 e. The Labute approximate surface area is 137 Å². The van der Waals surface area contributed by atoms with Crippen LogP contribution in [0.2, 0.25) is 0 Å². The van der Waals surface area contributed by atoms with Crippen LogP contribution >= 0.6 is 0 Å². The molecule has 0 aliphatic heterocycles. The average Bonchev–Trinajstić information content (AvgIpc) is 2.53. The third-order valence-corrected chi connectivity index (χ3v) is 3.08. The van der Waals surface area contributed by atoms with E-state index in [2.05, 4.69) is 5.32 Å². The molecule has 5 nitrogen and oxygen atoms in total. The van der Waals surface area contributed by atoms with Crippen LogP contribution in [-0.4, -0.2) is 23.5 Å². The zero-order valence-corrected chi connectivity index (χ0v) is 12.9. The normalized spacial score (nSPS) is 13.0. The van der Waals surface area contributed by atoms with Gasteiger partial charge in [-0.15, -0.1) is 0 Å². The fourth-order valence-electron chi connectivity index (χ4n) is 1.86. The molecule has 0 heterocycles. The van der Waals surface area contributed by atoms with Gasteiger partial charge < -0.3 is 19.9 Å². The van der Waals surface area contributed by atoms with E-state index in [-0.39, 0.29) is 12.4 Å². The van der Waals surface area contributed by atoms with Crippen molar-refractivity contribution in [3.63, 3.8) is 0 Å². The molecule has 0 saturated heterocycles. The summed E-state index contributed by atoms with van der Waals surface area (Å²) in [6.07, 6.45) is -2.25. The number of aliphatic hydroxyl groups excluding tert-OH is 1. The summed E-state index contributed by atoms with van der Waals surface area (Å²) in [7, 11) is 0. The Morgan fingerprint density at radius 2 is 1.79 bits per heavy atom. The Morgan fingerprint density at radius 3 is 2.42 bits per heavy atom. The summed E-state index contributed by atoms with van der Waals surface area (Å²) < 4.78 is 36.1. The van der Waals surface area contributed by atoms with Gasteiger partial charge in [-0.05, 0) is 12.5 Å². The van der Waals surface area contributed by atoms with Gasteiger partial charge in [0.1, 0.15) is 24.0 Å². The molecule has 24 heavy (non-hydrogen) atoms. The van der Waals surface area contributed by atoms with E-state index in [1.165, 1.54) is 6.92 Å². The van der Waals surface area contributed by atoms with Crippen molar-refractivity contribution in [3.05, 3.63) is 65.7 Å². The maximum absolute atomic E-state index is 13.1. The van der Waals surface area contributed by atoms with Crippen molar-refractivity contribution in [1.82, 2.24) is 5.32 Å². The van der Waals surface area contributed by atoms with Crippen molar-refractivity contribution in [2.24, 2.45) is 0 Å². The Balaban J connectivity index is 1.82. The molecule has 2 aromatic carbocycles. The third-order valence-electron chi connectivity index (χ3n) is 3.08. The third kappa shape index (κ3) is 5.51. The number of aliphatic hydroxyl groups is 1. The second-order valence-electron chi connectivity index (χ2n) is 5.11. The molecule has 0 aliphatic rings. The summed E-state index contributed by atoms with van der Waals surface area (Å²) in [5, 5.41) is 12.2. The van der Waals surface area contributed by atoms with Crippen LogP contribution < -0.4 is 10.1 Å². The molecule has 2 rings (SSSR count). The summed E-state index contributed by atoms with van der Waals surface area (Å²) in [5.74, 6) is -1.86. The zero-order chi connectivity index (χ0) is 17.5. The maximum atomic E-state index is 13.1. The van der Waals surface area contributed by atoms with E-state index in [4.69, 9.17) is 9.47 Å². The smallest absolute Gasteiger partial charge is 0.407 e. The number of hydrogen-bond donors (Lipinski definition) is 2. The Bertz CT molecular complexity index is 661. The van der Waals surface area contributed by atoms with E-state index < -0.39 is 30.1 Å². The van der Waals surface area contributed by atoms with Gasteiger partial charge >= 0.3 is 6.09 Å². The highest BCUT2D eigenvalue weighted by Gasteiger charge is 2.19. The number of alkyl carbamates (subject to hydrolysis) is 1. The first kappa shape index (κ1) is 17.7. The predicted molar refractivity (Wildman–Crippen MR) is 82.2 cm³/mol. The number of amides is 1. The molecule has 0 spiro atoms. The fraction of sp³-hybridized carbons (Fsp3) is 0.235. The molecular formula is C17H17F2NO4. The van der Waals surface area contributed by atoms with E-state index in [9.17, 15) is 18.7 Å². The lowest BCUT2D eigenvalue weighted by Gasteiger charge is -2.21. The maximum Gasteiger partial charge on any atom is 0.407 e. The number of rotatable bonds is 6. The molecule has 1 unspecified atom stereocenters. The van der Waals surface area contributed by atoms with Crippen molar-refractivity contribution >= 4 is 6.09 Å². The van der Waals surface area contributed by atoms with Crippen LogP contribution in [0.5, 0.6) is 5.75 Å². The van der Waals surface area contributed by atoms with E-state index >= 15 is 0 Å². The predicted octanol–water partition coefficient (Wildman–Crippen LogP) is 2.98. The minimum absolute atomic E-state index is 0.0749. The first-order valence-electron chi connectivity index (χ1n) is 7.22. The van der Waals surface area contributed by atoms with Crippen LogP contribution in [0.1, 0.15) is 12.5 Å². The molecule has 0 saturated carbocycles. The topological polar surface area (TPSA) is 67.8 Å². The summed E-state index contributed by atoms with van der Waals surface area (Å²) in [6.45, 7) is 1.54. The van der Waals surface area contributed by atoms with Crippen molar-refractivity contribution < 1.29 is 28.2 Å². The van der Waals surface area contributed by atoms with Gasteiger partial charge in [-0.1, -0.05) is 30.3 Å². The van der Waals surface area contributed by atoms with Crippen LogP contribution in [0.15, 0.2) is 48.5 Å². The van der Waals surface area contributed by atoms with Crippen molar-refractivity contribution in [2.45, 2.75) is 25.9 Å². The fourth-order valence-corrected chi connectivity index (χ4v) is 1.86. The Hall–Kier alpha value is -2.67. The van der Waals surface area contributed by atoms with Crippen molar-refractivity contribution in [1.29, 1.82) is 0 Å². The average molecular weight is 337 g/mol. The quantitative estimate of drug-likeness (QED) is 0.795. The van der Waals surface area contributed by atoms with Gasteiger partial charge in [0.25, 0.3) is 0 Å². The van der Waals surface area contributed by atoms with E-state index in [1.807, 2.05) is 18.2 Å². The van der Waals surface area contributed by atoms with Crippen LogP contribution in [0, 0.1) is 11.6 Å². The number of carbonyl (C=O) groups excluding carboxylic acids is 1. The molecule has 2 N–H and O–H groups in total. The van der Waals surface area contributed by atoms with Crippen molar-refractivity contribution in [2.75, 3.05) is 0 Å². The van der Waals surface area contributed by atoms with Gasteiger partial charge in [0.15, 0.2) is 0 Å². The molecule has 128 valence electrons. The molecule has 0 aliphatic carbocycles. The minimum Gasteiger partial charge on any atom is -0.463 e. The SMILES string of the molecule is C[C@@H](NC(=O)OCc1ccccc1)C(O)Oc1cc(F)cc(F)c1. The van der Waals surface area contributed by atoms with Gasteiger partial charge in [0, 0.05) is 18.2 Å². The lowest BCUT2D eigenvalue weighted by Crippen LogP contribution is -2.44. The standard InChI is InChI=1S/C17H17F2NO4/c1-11(16(21)24-15-8-13(18)7-14(19)9-15)20-17(22)23-10-12-5-3-2-4-6-12/h2-9,11,16,21H,10H2,1H3,(H,20,22)/t11-,16?/m1/s1. The number of halogens is 2. The van der Waals surface area contributed by atoms with Gasteiger partial charge in [-0.3, -0.25) is 0 Å². The number of ether oxygens (including phenoxy) is 2. The summed E-state index contributed by atoms with van der Waals surface area (Å²) in [5.41, 5.74) is 0.812. The Kier molecular flexibility index (Phi) is 6.08. The molecule has 2 atom stereocenters. The Morgan fingerprint density at radius 1 is 1.17 bits per heavy atom. The van der Waals surface area contributed by atoms with Crippen LogP contribution in [0.4, 0.5) is 13.6 Å². The molecule has 7 heteroatoms. The van der Waals surface area contributed by atoms with Gasteiger partial charge in [0.05, 0.1) is 6.04 Å². The molecule has 0 radical (unpaired) electrons. The summed E-state index contributed by atoms with van der Waals surface area (Å²) in [4.78, 5) is 11.7. The molecule has 1 amide bonds. The highest BCUT2D eigenvalue weighted by atomic mass is 19.1. The monoisotopic (exact) mass is 337 g/mol. The van der Waals surface area contributed by atoms with Crippen LogP contribution in [0.25, 0.3) is 0 Å². The highest BCUT2D eigenvalue weighted by molar-refractivity contribution is 5.67. The second-order valence-corrected chi connectivity index (χ2v) is 5.11. The van der Waals surface area contributed by atoms with Gasteiger partial charge in [-0.2, -0.15) is 0 Å². The summed E-state index contributed by atoms with van der Waals surface area (Å²) >= 11 is 0. The lowest BCUT2D eigenvalue weighted by atomic mass is 10.2. The van der Waals surface area contributed by atoms with Gasteiger partial charge in [0.2, 0.25) is 6.29 Å². The number of nitrogens with one attached hydrogen (secondary N) is 1. The van der Waals surface area contributed by atoms with E-state index in [1.54, 1.807) is 12.1 Å². The first-order valence-corrected chi connectivity index (χ1v) is 7.22. The van der Waals surface area contributed by atoms with Crippen LogP contribution in [0.3, 0.4) is 0 Å². The van der Waals surface area contributed by atoms with Gasteiger partial charge in [-0.25, -0.2) is 13.6 Å². The zero-order valence-electron chi connectivity index (χ0n) is 12.9. The minimum atomic E-state index is -1.50. The molecule has 0 fully saturated rings. The first-order chi connectivity index (χ1) is 11.4. The molecular weight excluding hydrogens is 320 g/mol. The number of carbonyl (C=O) groups is 1. The molecule has 2 aromatic rings. The van der Waals surface area contributed by atoms with E-state index in [0.29, 0.717) is 6.07 Å². The summed E-state index contributed by atoms with van der Waals surface area (Å²) in [6, 6.07) is 10.7. The number of hydrogen-bond acceptors (Lipinski definition) is 4.